The lowest BCUT2D eigenvalue weighted by Crippen LogP contribution is -2.42. The molecule has 0 amide bonds. The SMILES string of the molecule is CCCCCCCCCCSC(CCCCCCCCC)C(C)OOC(OCCC)([PH+]=O)C(=O)OCC. The fraction of sp³-hybridized carbons (Fsp3) is 0.966. The maximum Gasteiger partial charge on any atom is 0.497 e. The van der Waals surface area contributed by atoms with Crippen LogP contribution in [0.2, 0.25) is 0 Å². The molecule has 0 rings (SSSR count). The molecule has 0 saturated heterocycles. The van der Waals surface area contributed by atoms with E-state index in [2.05, 4.69) is 13.8 Å². The predicted octanol–water partition coefficient (Wildman–Crippen LogP) is 9.37. The lowest BCUT2D eigenvalue weighted by Gasteiger charge is -2.25. The van der Waals surface area contributed by atoms with Crippen molar-refractivity contribution in [2.24, 2.45) is 0 Å². The van der Waals surface area contributed by atoms with E-state index < -0.39 is 20.0 Å². The number of carbonyl (C=O) groups is 1. The number of hydrogen-bond acceptors (Lipinski definition) is 7. The Labute approximate surface area is 234 Å². The van der Waals surface area contributed by atoms with Crippen LogP contribution in [-0.4, -0.2) is 41.8 Å². The van der Waals surface area contributed by atoms with Crippen LogP contribution >= 0.6 is 20.2 Å². The van der Waals surface area contributed by atoms with E-state index in [-0.39, 0.29) is 24.6 Å². The Kier molecular flexibility index (Phi) is 25.9. The lowest BCUT2D eigenvalue weighted by atomic mass is 10.1. The van der Waals surface area contributed by atoms with Gasteiger partial charge in [0, 0.05) is 5.25 Å². The van der Waals surface area contributed by atoms with Crippen molar-refractivity contribution in [2.45, 2.75) is 161 Å². The molecule has 0 radical (unpaired) electrons. The van der Waals surface area contributed by atoms with E-state index in [1.165, 1.54) is 89.9 Å². The fourth-order valence-corrected chi connectivity index (χ4v) is 5.83. The number of ether oxygens (including phenoxy) is 2. The number of hydrogen-bond donors (Lipinski definition) is 0. The summed E-state index contributed by atoms with van der Waals surface area (Å²) in [6, 6.07) is 0. The average Bonchev–Trinajstić information content (AvgIpc) is 2.90. The summed E-state index contributed by atoms with van der Waals surface area (Å²) in [6.45, 7) is 10.4. The standard InChI is InChI=1S/C29H57O6PS/c1-6-10-12-14-16-18-20-22-25-37-27(23-21-19-17-15-13-11-7-2)26(5)34-35-29(36-31,33-24-8-3)28(30)32-9-4/h26-27H,6-25H2,1-5H3/p+1. The Balaban J connectivity index is 4.82. The molecule has 0 fully saturated rings. The molecular weight excluding hydrogens is 507 g/mol. The zero-order valence-electron chi connectivity index (χ0n) is 24.7. The van der Waals surface area contributed by atoms with Crippen LogP contribution in [-0.2, 0) is 28.6 Å². The monoisotopic (exact) mass is 565 g/mol. The van der Waals surface area contributed by atoms with Crippen LogP contribution in [0.5, 0.6) is 0 Å². The molecule has 0 aromatic carbocycles. The summed E-state index contributed by atoms with van der Waals surface area (Å²) in [5.74, 6) is 0.280. The Hall–Kier alpha value is -0.200. The van der Waals surface area contributed by atoms with Crippen molar-refractivity contribution in [1.82, 2.24) is 0 Å². The minimum absolute atomic E-state index is 0.148. The third-order valence-corrected chi connectivity index (χ3v) is 8.72. The van der Waals surface area contributed by atoms with E-state index in [0.717, 1.165) is 18.6 Å². The second-order valence-corrected chi connectivity index (χ2v) is 12.2. The number of esters is 1. The second-order valence-electron chi connectivity index (χ2n) is 9.97. The van der Waals surface area contributed by atoms with Gasteiger partial charge in [-0.25, -0.2) is 9.68 Å². The Morgan fingerprint density at radius 2 is 1.32 bits per heavy atom. The van der Waals surface area contributed by atoms with Crippen LogP contribution in [0.15, 0.2) is 0 Å². The van der Waals surface area contributed by atoms with Crippen LogP contribution in [0.3, 0.4) is 0 Å². The molecule has 0 N–H and O–H groups in total. The number of carbonyl (C=O) groups excluding carboxylic acids is 1. The van der Waals surface area contributed by atoms with Crippen LogP contribution < -0.4 is 0 Å². The first-order chi connectivity index (χ1) is 18.0. The van der Waals surface area contributed by atoms with E-state index in [1.807, 2.05) is 25.6 Å². The molecule has 6 nitrogen and oxygen atoms in total. The fourth-order valence-electron chi connectivity index (χ4n) is 4.11. The summed E-state index contributed by atoms with van der Waals surface area (Å²) in [6.07, 6.45) is 20.7. The molecule has 4 unspecified atom stereocenters. The Bertz CT molecular complexity index is 539. The zero-order chi connectivity index (χ0) is 27.6. The van der Waals surface area contributed by atoms with Gasteiger partial charge in [-0.2, -0.15) is 11.8 Å². The summed E-state index contributed by atoms with van der Waals surface area (Å²) in [5.41, 5.74) is -2.02. The molecule has 0 aromatic heterocycles. The van der Waals surface area contributed by atoms with Crippen molar-refractivity contribution in [3.63, 3.8) is 0 Å². The third-order valence-electron chi connectivity index (χ3n) is 6.45. The van der Waals surface area contributed by atoms with E-state index in [9.17, 15) is 9.36 Å². The van der Waals surface area contributed by atoms with Gasteiger partial charge in [0.05, 0.1) is 13.2 Å². The highest BCUT2D eigenvalue weighted by molar-refractivity contribution is 7.99. The molecule has 0 aliphatic heterocycles. The summed E-state index contributed by atoms with van der Waals surface area (Å²) in [5, 5.41) is 0.237. The first-order valence-corrected chi connectivity index (χ1v) is 17.1. The summed E-state index contributed by atoms with van der Waals surface area (Å²) in [4.78, 5) is 23.7. The number of thioether (sulfide) groups is 1. The van der Waals surface area contributed by atoms with Gasteiger partial charge in [0.1, 0.15) is 6.10 Å². The highest BCUT2D eigenvalue weighted by atomic mass is 32.2. The van der Waals surface area contributed by atoms with Crippen LogP contribution in [0.25, 0.3) is 0 Å². The van der Waals surface area contributed by atoms with Gasteiger partial charge in [0.15, 0.2) is 0 Å². The molecule has 0 aromatic rings. The maximum atomic E-state index is 12.5. The van der Waals surface area contributed by atoms with E-state index in [0.29, 0.717) is 6.42 Å². The molecule has 0 aliphatic rings. The first-order valence-electron chi connectivity index (χ1n) is 15.2. The van der Waals surface area contributed by atoms with Gasteiger partial charge < -0.3 is 4.74 Å². The lowest BCUT2D eigenvalue weighted by molar-refractivity contribution is -0.403. The summed E-state index contributed by atoms with van der Waals surface area (Å²) < 4.78 is 22.6. The van der Waals surface area contributed by atoms with Gasteiger partial charge in [-0.05, 0) is 38.9 Å². The van der Waals surface area contributed by atoms with Crippen molar-refractivity contribution in [3.8, 4) is 0 Å². The van der Waals surface area contributed by atoms with Gasteiger partial charge in [-0.1, -0.05) is 115 Å². The minimum Gasteiger partial charge on any atom is -0.458 e. The Morgan fingerprint density at radius 1 is 0.784 bits per heavy atom. The van der Waals surface area contributed by atoms with E-state index in [4.69, 9.17) is 19.2 Å². The van der Waals surface area contributed by atoms with Crippen molar-refractivity contribution in [2.75, 3.05) is 19.0 Å². The smallest absolute Gasteiger partial charge is 0.458 e. The van der Waals surface area contributed by atoms with E-state index in [1.54, 1.807) is 6.92 Å². The molecule has 0 saturated carbocycles. The quantitative estimate of drug-likeness (QED) is 0.0234. The van der Waals surface area contributed by atoms with Crippen LogP contribution in [0.1, 0.15) is 144 Å². The van der Waals surface area contributed by atoms with Gasteiger partial charge in [-0.3, -0.25) is 4.74 Å². The summed E-state index contributed by atoms with van der Waals surface area (Å²) in [7, 11) is -1.19. The average molecular weight is 566 g/mol. The molecular formula is C29H58O6PS+. The Morgan fingerprint density at radius 3 is 1.84 bits per heavy atom. The number of rotatable bonds is 28. The minimum atomic E-state index is -2.02. The van der Waals surface area contributed by atoms with Crippen molar-refractivity contribution < 1.29 is 28.6 Å². The van der Waals surface area contributed by atoms with Gasteiger partial charge in [-0.15, -0.1) is 4.89 Å². The largest absolute Gasteiger partial charge is 0.497 e. The van der Waals surface area contributed by atoms with Crippen molar-refractivity contribution >= 4 is 26.2 Å². The van der Waals surface area contributed by atoms with Crippen LogP contribution in [0, 0.1) is 0 Å². The topological polar surface area (TPSA) is 71.1 Å². The first kappa shape index (κ1) is 36.8. The van der Waals surface area contributed by atoms with E-state index >= 15 is 0 Å². The van der Waals surface area contributed by atoms with Crippen molar-refractivity contribution in [3.05, 3.63) is 0 Å². The normalized spacial score (nSPS) is 14.9. The maximum absolute atomic E-state index is 12.5. The molecule has 220 valence electrons. The second kappa shape index (κ2) is 26.0. The molecule has 37 heavy (non-hydrogen) atoms. The summed E-state index contributed by atoms with van der Waals surface area (Å²) >= 11 is 1.93. The molecule has 0 heterocycles. The predicted molar refractivity (Wildman–Crippen MR) is 158 cm³/mol. The van der Waals surface area contributed by atoms with Gasteiger partial charge in [0.25, 0.3) is 0 Å². The zero-order valence-corrected chi connectivity index (χ0v) is 26.5. The van der Waals surface area contributed by atoms with Crippen molar-refractivity contribution in [1.29, 1.82) is 0 Å². The number of unbranched alkanes of at least 4 members (excludes halogenated alkanes) is 13. The highest BCUT2D eigenvalue weighted by Gasteiger charge is 2.55. The highest BCUT2D eigenvalue weighted by Crippen LogP contribution is 2.32. The molecule has 0 bridgehead atoms. The molecule has 0 spiro atoms. The van der Waals surface area contributed by atoms with Gasteiger partial charge >= 0.3 is 20.0 Å². The molecule has 4 atom stereocenters. The molecule has 0 aliphatic carbocycles. The van der Waals surface area contributed by atoms with Gasteiger partial charge in [0.2, 0.25) is 0 Å². The molecule has 8 heteroatoms. The van der Waals surface area contributed by atoms with Crippen LogP contribution in [0.4, 0.5) is 0 Å². The third kappa shape index (κ3) is 18.7.